The van der Waals surface area contributed by atoms with E-state index in [2.05, 4.69) is 0 Å². The molecule has 0 saturated carbocycles. The zero-order chi connectivity index (χ0) is 10.1. The molecule has 0 radical (unpaired) electrons. The molecule has 1 aliphatic heterocycles. The number of carbonyl (C=O) groups is 1. The Kier molecular flexibility index (Phi) is 3.11. The molecule has 0 aromatic carbocycles. The maximum Gasteiger partial charge on any atom is 0.267 e. The third kappa shape index (κ3) is 2.53. The molecule has 1 aliphatic rings. The lowest BCUT2D eigenvalue weighted by Crippen LogP contribution is -2.36. The monoisotopic (exact) mass is 211 g/mol. The molecule has 5 heteroatoms. The highest BCUT2D eigenvalue weighted by Crippen LogP contribution is 2.27. The summed E-state index contributed by atoms with van der Waals surface area (Å²) in [5.41, 5.74) is 0. The summed E-state index contributed by atoms with van der Waals surface area (Å²) in [7, 11) is 0. The van der Waals surface area contributed by atoms with Crippen LogP contribution < -0.4 is 0 Å². The molecule has 0 aromatic heterocycles. The molecule has 0 N–H and O–H groups in total. The van der Waals surface area contributed by atoms with Gasteiger partial charge in [-0.15, -0.1) is 11.6 Å². The van der Waals surface area contributed by atoms with Crippen molar-refractivity contribution in [3.63, 3.8) is 0 Å². The summed E-state index contributed by atoms with van der Waals surface area (Å²) in [6.07, 6.45) is 0.231. The quantitative estimate of drug-likeness (QED) is 0.639. The van der Waals surface area contributed by atoms with Crippen LogP contribution in [0.3, 0.4) is 0 Å². The third-order valence-corrected chi connectivity index (χ3v) is 2.60. The van der Waals surface area contributed by atoms with Gasteiger partial charge in [-0.2, -0.15) is 0 Å². The smallest absolute Gasteiger partial charge is 0.267 e. The Morgan fingerprint density at radius 1 is 1.69 bits per heavy atom. The van der Waals surface area contributed by atoms with Crippen molar-refractivity contribution in [1.29, 1.82) is 0 Å². The zero-order valence-electron chi connectivity index (χ0n) is 7.40. The van der Waals surface area contributed by atoms with E-state index in [4.69, 9.17) is 11.6 Å². The van der Waals surface area contributed by atoms with Crippen LogP contribution in [0.5, 0.6) is 0 Å². The van der Waals surface area contributed by atoms with Gasteiger partial charge in [0.2, 0.25) is 5.91 Å². The number of hydrogen-bond acceptors (Lipinski definition) is 1. The van der Waals surface area contributed by atoms with E-state index in [1.165, 1.54) is 0 Å². The van der Waals surface area contributed by atoms with Crippen LogP contribution in [-0.2, 0) is 4.79 Å². The van der Waals surface area contributed by atoms with Gasteiger partial charge in [0.25, 0.3) is 5.92 Å². The molecule has 0 unspecified atom stereocenters. The van der Waals surface area contributed by atoms with Crippen molar-refractivity contribution in [3.05, 3.63) is 0 Å². The number of nitrogens with zero attached hydrogens (tertiary/aromatic N) is 1. The highest BCUT2D eigenvalue weighted by atomic mass is 35.5. The van der Waals surface area contributed by atoms with Gasteiger partial charge in [0.05, 0.1) is 6.54 Å². The van der Waals surface area contributed by atoms with Crippen molar-refractivity contribution < 1.29 is 13.6 Å². The molecule has 1 saturated heterocycles. The molecule has 1 atom stereocenters. The molecule has 1 heterocycles. The maximum absolute atomic E-state index is 12.7. The highest BCUT2D eigenvalue weighted by Gasteiger charge is 2.41. The van der Waals surface area contributed by atoms with E-state index < -0.39 is 17.8 Å². The predicted molar refractivity (Wildman–Crippen MR) is 46.1 cm³/mol. The molecule has 0 aromatic rings. The molecule has 1 fully saturated rings. The standard InChI is InChI=1S/C8H12ClF2NO/c1-2-6(9)7(13)12-4-3-8(10,11)5-12/h6H,2-5H2,1H3/t6-/m0/s1. The van der Waals surface area contributed by atoms with Crippen LogP contribution in [0.1, 0.15) is 19.8 Å². The fourth-order valence-corrected chi connectivity index (χ4v) is 1.43. The lowest BCUT2D eigenvalue weighted by molar-refractivity contribution is -0.131. The zero-order valence-corrected chi connectivity index (χ0v) is 8.15. The topological polar surface area (TPSA) is 20.3 Å². The summed E-state index contributed by atoms with van der Waals surface area (Å²) >= 11 is 5.65. The van der Waals surface area contributed by atoms with E-state index in [1.54, 1.807) is 6.92 Å². The van der Waals surface area contributed by atoms with E-state index in [0.717, 1.165) is 4.90 Å². The number of hydrogen-bond donors (Lipinski definition) is 0. The molecule has 0 bridgehead atoms. The summed E-state index contributed by atoms with van der Waals surface area (Å²) < 4.78 is 25.4. The third-order valence-electron chi connectivity index (χ3n) is 2.11. The molecule has 13 heavy (non-hydrogen) atoms. The van der Waals surface area contributed by atoms with Crippen molar-refractivity contribution in [2.45, 2.75) is 31.1 Å². The van der Waals surface area contributed by atoms with Crippen molar-refractivity contribution >= 4 is 17.5 Å². The second-order valence-corrected chi connectivity index (χ2v) is 3.77. The van der Waals surface area contributed by atoms with Gasteiger partial charge in [0.1, 0.15) is 5.38 Å². The van der Waals surface area contributed by atoms with Crippen LogP contribution in [0.15, 0.2) is 0 Å². The van der Waals surface area contributed by atoms with Gasteiger partial charge >= 0.3 is 0 Å². The molecule has 1 amide bonds. The first-order valence-corrected chi connectivity index (χ1v) is 4.70. The lowest BCUT2D eigenvalue weighted by atomic mass is 10.3. The average Bonchev–Trinajstić information content (AvgIpc) is 2.43. The first-order chi connectivity index (χ1) is 5.96. The van der Waals surface area contributed by atoms with Crippen LogP contribution in [-0.4, -0.2) is 35.2 Å². The van der Waals surface area contributed by atoms with Crippen LogP contribution in [0.2, 0.25) is 0 Å². The summed E-state index contributed by atoms with van der Waals surface area (Å²) in [5, 5.41) is -0.658. The Morgan fingerprint density at radius 3 is 2.69 bits per heavy atom. The van der Waals surface area contributed by atoms with Crippen molar-refractivity contribution in [3.8, 4) is 0 Å². The van der Waals surface area contributed by atoms with Gasteiger partial charge in [-0.05, 0) is 6.42 Å². The summed E-state index contributed by atoms with van der Waals surface area (Å²) in [4.78, 5) is 12.5. The van der Waals surface area contributed by atoms with Crippen LogP contribution in [0.25, 0.3) is 0 Å². The van der Waals surface area contributed by atoms with E-state index >= 15 is 0 Å². The van der Waals surface area contributed by atoms with Crippen LogP contribution >= 0.6 is 11.6 Å². The van der Waals surface area contributed by atoms with Gasteiger partial charge in [-0.1, -0.05) is 6.92 Å². The summed E-state index contributed by atoms with van der Waals surface area (Å²) in [6.45, 7) is 1.40. The van der Waals surface area contributed by atoms with Crippen molar-refractivity contribution in [2.75, 3.05) is 13.1 Å². The fraction of sp³-hybridized carbons (Fsp3) is 0.875. The molecule has 0 spiro atoms. The van der Waals surface area contributed by atoms with Gasteiger partial charge < -0.3 is 4.90 Å². The number of carbonyl (C=O) groups excluding carboxylic acids is 1. The Labute approximate surface area is 80.8 Å². The minimum Gasteiger partial charge on any atom is -0.335 e. The normalized spacial score (nSPS) is 23.2. The SMILES string of the molecule is CC[C@H](Cl)C(=O)N1CCC(F)(F)C1. The van der Waals surface area contributed by atoms with Crippen molar-refractivity contribution in [2.24, 2.45) is 0 Å². The fourth-order valence-electron chi connectivity index (χ4n) is 1.30. The van der Waals surface area contributed by atoms with Gasteiger partial charge in [0, 0.05) is 13.0 Å². The number of alkyl halides is 3. The van der Waals surface area contributed by atoms with E-state index in [-0.39, 0.29) is 18.9 Å². The van der Waals surface area contributed by atoms with Gasteiger partial charge in [-0.3, -0.25) is 4.79 Å². The number of amides is 1. The van der Waals surface area contributed by atoms with E-state index in [1.807, 2.05) is 0 Å². The molecule has 0 aliphatic carbocycles. The second-order valence-electron chi connectivity index (χ2n) is 3.24. The first kappa shape index (κ1) is 10.7. The van der Waals surface area contributed by atoms with Gasteiger partial charge in [-0.25, -0.2) is 8.78 Å². The summed E-state index contributed by atoms with van der Waals surface area (Å²) in [6, 6.07) is 0. The first-order valence-electron chi connectivity index (χ1n) is 4.27. The average molecular weight is 212 g/mol. The predicted octanol–water partition coefficient (Wildman–Crippen LogP) is 1.87. The minimum absolute atomic E-state index is 0.120. The Balaban J connectivity index is 2.51. The summed E-state index contributed by atoms with van der Waals surface area (Å²) in [5.74, 6) is -3.10. The number of likely N-dealkylation sites (tertiary alicyclic amines) is 1. The molecule has 1 rings (SSSR count). The molecule has 2 nitrogen and oxygen atoms in total. The minimum atomic E-state index is -2.72. The largest absolute Gasteiger partial charge is 0.335 e. The second kappa shape index (κ2) is 3.78. The maximum atomic E-state index is 12.7. The highest BCUT2D eigenvalue weighted by molar-refractivity contribution is 6.30. The lowest BCUT2D eigenvalue weighted by Gasteiger charge is -2.18. The van der Waals surface area contributed by atoms with E-state index in [9.17, 15) is 13.6 Å². The number of halogens is 3. The van der Waals surface area contributed by atoms with E-state index in [0.29, 0.717) is 6.42 Å². The van der Waals surface area contributed by atoms with Crippen LogP contribution in [0.4, 0.5) is 8.78 Å². The number of rotatable bonds is 2. The molecular formula is C8H12ClF2NO. The molecular weight excluding hydrogens is 200 g/mol. The Hall–Kier alpha value is -0.380. The van der Waals surface area contributed by atoms with Crippen LogP contribution in [0, 0.1) is 0 Å². The van der Waals surface area contributed by atoms with Crippen molar-refractivity contribution in [1.82, 2.24) is 4.90 Å². The Morgan fingerprint density at radius 2 is 2.31 bits per heavy atom. The molecule has 76 valence electrons. The Bertz CT molecular complexity index is 210. The van der Waals surface area contributed by atoms with Gasteiger partial charge in [0.15, 0.2) is 0 Å².